The van der Waals surface area contributed by atoms with Gasteiger partial charge < -0.3 is 75.0 Å². The van der Waals surface area contributed by atoms with Crippen molar-refractivity contribution >= 4 is 80.1 Å². The van der Waals surface area contributed by atoms with E-state index in [1.165, 1.54) is 277 Å². The van der Waals surface area contributed by atoms with Crippen molar-refractivity contribution < 1.29 is 69.6 Å². The predicted octanol–water partition coefficient (Wildman–Crippen LogP) is 28.0. The zero-order valence-corrected chi connectivity index (χ0v) is 95.6. The van der Waals surface area contributed by atoms with Crippen LogP contribution in [0.5, 0.6) is 17.2 Å². The standard InChI is InChI=1S/C110H184N12O19P2S2Si/c1-16-20-23-26-29-32-35-38-41-44-47-50-53-56-59-62-69-129-92-74-88(75-93(130-70-63-60-57-54-51-48-45-42-39-36-33-30-27-24-21-17-2)102(92)131-71-64-61-58-55-52-49-46-43-40-37-34-31-28-25-22-18-3)106(125)114-97-65-68-120(109(127)115-97)100-78-96(146(85(9)10,86(11)12)141-84(7)8)95(138-100)81-135-143(145,133-73-67-112-15)140-91-77-99(122-82-113-101-103(122)116-108(118-107(101)126)117-104(123)83(5)6)137-94(91)80-134-142(144,132-72-66-111-14)139-90-76-98(136-89(90)19-4)121-79-87(13)105(124)119-110(121)128/h65,68,74-75,79,82-86,89-91,94-96,98-100H,16-64,66-67,69-73,76-78,80-81H2,1-13H3,(H,119,124,128)(H,114,115,125,127)(H2,116,117,118,123,126). The van der Waals surface area contributed by atoms with Crippen LogP contribution in [0.1, 0.15) is 452 Å². The topological polar surface area (TPSA) is 340 Å². The fraction of sp³-hybridized carbons (Fsp3) is 0.791. The number of benzene rings is 1. The summed E-state index contributed by atoms with van der Waals surface area (Å²) in [5.41, 5.74) is -2.47. The normalized spacial score (nSPS) is 18.9. The quantitative estimate of drug-likeness (QED) is 0.0122. The Labute approximate surface area is 884 Å². The van der Waals surface area contributed by atoms with Crippen LogP contribution < -0.4 is 47.3 Å². The average Bonchev–Trinajstić information content (AvgIpc) is 1.55. The molecule has 1 aromatic carbocycles. The molecule has 4 aromatic heterocycles. The van der Waals surface area contributed by atoms with Gasteiger partial charge in [0.05, 0.1) is 63.8 Å². The number of carbonyl (C=O) groups is 2. The van der Waals surface area contributed by atoms with Gasteiger partial charge in [-0.05, 0) is 106 Å². The molecule has 8 rings (SSSR count). The number of hydrogen-bond donors (Lipinski definition) is 4. The van der Waals surface area contributed by atoms with Crippen molar-refractivity contribution in [2.75, 3.05) is 70.0 Å². The molecule has 36 heteroatoms. The summed E-state index contributed by atoms with van der Waals surface area (Å²) < 4.78 is 92.5. The Morgan fingerprint density at radius 3 is 1.32 bits per heavy atom. The largest absolute Gasteiger partial charge is 0.490 e. The molecule has 4 N–H and O–H groups in total. The maximum Gasteiger partial charge on any atom is 0.351 e. The average molecular weight is 2130 g/mol. The second kappa shape index (κ2) is 70.0. The lowest BCUT2D eigenvalue weighted by molar-refractivity contribution is -0.119. The monoisotopic (exact) mass is 2130 g/mol. The molecule has 3 saturated heterocycles. The maximum atomic E-state index is 15.1. The first-order valence-electron chi connectivity index (χ1n) is 56.7. The molecule has 3 aliphatic heterocycles. The van der Waals surface area contributed by atoms with Crippen LogP contribution in [0, 0.1) is 26.0 Å². The Bertz CT molecular complexity index is 4940. The van der Waals surface area contributed by atoms with E-state index in [4.69, 9.17) is 96.7 Å². The number of rotatable bonds is 83. The highest BCUT2D eigenvalue weighted by atomic mass is 32.5. The molecular formula is C110H184N12O19P2S2Si. The summed E-state index contributed by atoms with van der Waals surface area (Å²) in [6, 6.07) is 5.07. The summed E-state index contributed by atoms with van der Waals surface area (Å²) >= 11 is 12.7. The van der Waals surface area contributed by atoms with Gasteiger partial charge in [-0.1, -0.05) is 358 Å². The summed E-state index contributed by atoms with van der Waals surface area (Å²) in [6.07, 6.45) is 57.7. The zero-order valence-electron chi connectivity index (χ0n) is 91.1. The molecule has 0 radical (unpaired) electrons. The highest BCUT2D eigenvalue weighted by Crippen LogP contribution is 2.59. The lowest BCUT2D eigenvalue weighted by atomic mass is 10.0. The van der Waals surface area contributed by atoms with Gasteiger partial charge in [-0.15, -0.1) is 0 Å². The number of unbranched alkanes of at least 4 members (excludes halogenated alkanes) is 45. The Balaban J connectivity index is 1.04. The van der Waals surface area contributed by atoms with E-state index in [1.807, 2.05) is 20.8 Å². The van der Waals surface area contributed by atoms with Crippen molar-refractivity contribution in [2.45, 2.75) is 496 Å². The third-order valence-electron chi connectivity index (χ3n) is 28.4. The number of amides is 2. The van der Waals surface area contributed by atoms with Gasteiger partial charge in [0.15, 0.2) is 22.7 Å². The second-order valence-corrected chi connectivity index (χ2v) is 52.6. The summed E-state index contributed by atoms with van der Waals surface area (Å²) in [4.78, 5) is 108. The molecule has 11 atom stereocenters. The minimum Gasteiger partial charge on any atom is -0.490 e. The third kappa shape index (κ3) is 43.2. The van der Waals surface area contributed by atoms with Crippen molar-refractivity contribution in [1.29, 1.82) is 0 Å². The molecule has 3 fully saturated rings. The Hall–Kier alpha value is -6.43. The number of imidazole rings is 1. The van der Waals surface area contributed by atoms with E-state index in [0.29, 0.717) is 43.5 Å². The number of H-pyrrole nitrogens is 2. The van der Waals surface area contributed by atoms with Crippen molar-refractivity contribution in [1.82, 2.24) is 38.6 Å². The van der Waals surface area contributed by atoms with Crippen LogP contribution in [-0.4, -0.2) is 155 Å². The van der Waals surface area contributed by atoms with Gasteiger partial charge in [0.25, 0.3) is 17.0 Å². The van der Waals surface area contributed by atoms with Crippen LogP contribution >= 0.6 is 13.4 Å². The number of carbonyl (C=O) groups excluding carboxylic acids is 2. The minimum atomic E-state index is -4.14. The van der Waals surface area contributed by atoms with Crippen LogP contribution in [-0.2, 0) is 74.2 Å². The number of fused-ring (bicyclic) bond motifs is 1. The molecule has 7 heterocycles. The van der Waals surface area contributed by atoms with E-state index < -0.39 is 123 Å². The van der Waals surface area contributed by atoms with Crippen LogP contribution in [0.25, 0.3) is 20.9 Å². The molecule has 824 valence electrons. The third-order valence-corrected chi connectivity index (χ3v) is 39.5. The van der Waals surface area contributed by atoms with Crippen LogP contribution in [0.4, 0.5) is 11.8 Å². The first-order valence-corrected chi connectivity index (χ1v) is 63.9. The van der Waals surface area contributed by atoms with Gasteiger partial charge in [-0.2, -0.15) is 9.97 Å². The van der Waals surface area contributed by atoms with Crippen LogP contribution in [0.2, 0.25) is 16.6 Å². The van der Waals surface area contributed by atoms with E-state index in [9.17, 15) is 19.2 Å². The molecule has 5 aromatic rings. The van der Waals surface area contributed by atoms with E-state index in [2.05, 4.69) is 93.7 Å². The number of aryl methyl sites for hydroxylation is 1. The van der Waals surface area contributed by atoms with Gasteiger partial charge >= 0.3 is 24.8 Å². The Morgan fingerprint density at radius 1 is 0.493 bits per heavy atom. The Kier molecular flexibility index (Phi) is 59.8. The van der Waals surface area contributed by atoms with Crippen LogP contribution in [0.15, 0.2) is 56.1 Å². The molecule has 0 spiro atoms. The fourth-order valence-corrected chi connectivity index (χ4v) is 30.4. The summed E-state index contributed by atoms with van der Waals surface area (Å²) in [7, 11) is -3.10. The van der Waals surface area contributed by atoms with Gasteiger partial charge in [-0.25, -0.2) is 27.7 Å². The van der Waals surface area contributed by atoms with Crippen molar-refractivity contribution in [3.8, 4) is 17.2 Å². The van der Waals surface area contributed by atoms with E-state index in [-0.39, 0.29) is 103 Å². The number of aromatic nitrogens is 8. The lowest BCUT2D eigenvalue weighted by Crippen LogP contribution is -2.53. The predicted molar refractivity (Wildman–Crippen MR) is 593 cm³/mol. The van der Waals surface area contributed by atoms with E-state index in [1.54, 1.807) is 45.2 Å². The summed E-state index contributed by atoms with van der Waals surface area (Å²) in [5, 5.41) is 5.65. The molecule has 146 heavy (non-hydrogen) atoms. The number of anilines is 2. The highest BCUT2D eigenvalue weighted by Gasteiger charge is 2.58. The highest BCUT2D eigenvalue weighted by molar-refractivity contribution is 8.07. The lowest BCUT2D eigenvalue weighted by Gasteiger charge is -2.46. The number of nitrogens with zero attached hydrogens (tertiary/aromatic N) is 8. The first-order chi connectivity index (χ1) is 70.6. The van der Waals surface area contributed by atoms with Gasteiger partial charge in [0.2, 0.25) is 39.0 Å². The number of aromatic amines is 2. The van der Waals surface area contributed by atoms with E-state index >= 15 is 9.59 Å². The van der Waals surface area contributed by atoms with Crippen molar-refractivity contribution in [3.63, 3.8) is 0 Å². The SMILES string of the molecule is [C-]#[N+]CCOP(=S)(OCC1OC(n2cnc3c(=O)[nH]c(NC(=O)C(C)C)nc32)CC1OP(=S)(OCC[N+]#[C-])OCC1OC(n2ccc(NC(=O)c3cc(OCCCCCCCCCCCCCCCCCC)c(OCCCCCCCCCCCCCCCCCC)c(OCCCCCCCCCCCCCCCCCC)c3)nc2=O)CC1[Si](OC(C)C)(C(C)C)C(C)C)OC1CC(n2cc(C)c(=O)[nH]c2=O)OC1CC. The molecule has 11 unspecified atom stereocenters. The van der Waals surface area contributed by atoms with Crippen LogP contribution in [0.3, 0.4) is 0 Å². The molecule has 0 aliphatic carbocycles. The van der Waals surface area contributed by atoms with Gasteiger partial charge in [0, 0.05) is 53.9 Å². The molecular weight excluding hydrogens is 1950 g/mol. The fourth-order valence-electron chi connectivity index (χ4n) is 20.3. The maximum absolute atomic E-state index is 15.1. The number of ether oxygens (including phenoxy) is 6. The summed E-state index contributed by atoms with van der Waals surface area (Å²) in [5.74, 6) is -0.146. The smallest absolute Gasteiger partial charge is 0.351 e. The van der Waals surface area contributed by atoms with E-state index in [0.717, 1.165) is 57.8 Å². The Morgan fingerprint density at radius 2 is 0.897 bits per heavy atom. The number of nitrogens with one attached hydrogen (secondary N) is 4. The summed E-state index contributed by atoms with van der Waals surface area (Å²) in [6.45, 7) is 33.7. The molecule has 2 amide bonds. The number of hydrogen-bond acceptors (Lipinski definition) is 24. The molecule has 0 saturated carbocycles. The first kappa shape index (κ1) is 125. The van der Waals surface area contributed by atoms with Gasteiger partial charge in [-0.3, -0.25) is 48.2 Å². The van der Waals surface area contributed by atoms with Crippen molar-refractivity contribution in [3.05, 3.63) is 113 Å². The van der Waals surface area contributed by atoms with Crippen molar-refractivity contribution in [2.24, 2.45) is 5.92 Å². The zero-order chi connectivity index (χ0) is 105. The molecule has 3 aliphatic rings. The molecule has 31 nitrogen and oxygen atoms in total. The minimum absolute atomic E-state index is 0.0136. The second-order valence-electron chi connectivity index (χ2n) is 41.7. The van der Waals surface area contributed by atoms with Gasteiger partial charge in [0.1, 0.15) is 43.8 Å². The molecule has 0 bridgehead atoms.